The lowest BCUT2D eigenvalue weighted by atomic mass is 10.1. The van der Waals surface area contributed by atoms with Crippen molar-refractivity contribution >= 4 is 27.8 Å². The molecule has 0 saturated heterocycles. The van der Waals surface area contributed by atoms with Gasteiger partial charge in [0, 0.05) is 21.0 Å². The molecular weight excluding hydrogens is 320 g/mol. The molecule has 0 amide bonds. The number of carboxylic acid groups (broad SMARTS) is 1. The van der Waals surface area contributed by atoms with E-state index in [9.17, 15) is 14.9 Å². The first-order valence-electron chi connectivity index (χ1n) is 5.05. The largest absolute Gasteiger partial charge is 0.492 e. The van der Waals surface area contributed by atoms with Crippen LogP contribution < -0.4 is 0 Å². The summed E-state index contributed by atoms with van der Waals surface area (Å²) in [5, 5.41) is 23.3. The Morgan fingerprint density at radius 2 is 2.16 bits per heavy atom. The van der Waals surface area contributed by atoms with Crippen LogP contribution in [0.3, 0.4) is 0 Å². The third-order valence-corrected chi connectivity index (χ3v) is 2.93. The molecule has 1 N–H and O–H groups in total. The fraction of sp³-hybridized carbons (Fsp3) is 0.100. The van der Waals surface area contributed by atoms with Crippen molar-refractivity contribution in [2.24, 2.45) is 0 Å². The predicted octanol–water partition coefficient (Wildman–Crippen LogP) is 1.70. The van der Waals surface area contributed by atoms with Crippen LogP contribution in [0.4, 0.5) is 5.95 Å². The van der Waals surface area contributed by atoms with Gasteiger partial charge in [-0.1, -0.05) is 18.2 Å². The van der Waals surface area contributed by atoms with Crippen LogP contribution >= 0.6 is 15.9 Å². The van der Waals surface area contributed by atoms with Gasteiger partial charge in [0.15, 0.2) is 0 Å². The highest BCUT2D eigenvalue weighted by atomic mass is 79.9. The zero-order valence-corrected chi connectivity index (χ0v) is 10.9. The van der Waals surface area contributed by atoms with Gasteiger partial charge in [-0.2, -0.15) is 4.68 Å². The van der Waals surface area contributed by atoms with Crippen LogP contribution in [0.5, 0.6) is 0 Å². The Morgan fingerprint density at radius 1 is 1.47 bits per heavy atom. The fourth-order valence-electron chi connectivity index (χ4n) is 1.52. The second kappa shape index (κ2) is 5.14. The van der Waals surface area contributed by atoms with Crippen LogP contribution in [0.1, 0.15) is 15.9 Å². The van der Waals surface area contributed by atoms with E-state index in [0.29, 0.717) is 5.56 Å². The lowest BCUT2D eigenvalue weighted by molar-refractivity contribution is -0.394. The number of aromatic carboxylic acids is 1. The molecule has 1 aromatic heterocycles. The molecule has 0 atom stereocenters. The Morgan fingerprint density at radius 3 is 2.74 bits per heavy atom. The number of nitrogens with zero attached hydrogens (tertiary/aromatic N) is 4. The third kappa shape index (κ3) is 2.76. The van der Waals surface area contributed by atoms with Crippen LogP contribution in [-0.2, 0) is 6.54 Å². The first-order chi connectivity index (χ1) is 8.99. The quantitative estimate of drug-likeness (QED) is 0.676. The molecule has 19 heavy (non-hydrogen) atoms. The summed E-state index contributed by atoms with van der Waals surface area (Å²) < 4.78 is 1.39. The van der Waals surface area contributed by atoms with Gasteiger partial charge in [0.05, 0.1) is 12.1 Å². The monoisotopic (exact) mass is 326 g/mol. The Balaban J connectivity index is 2.36. The normalized spacial score (nSPS) is 10.4. The summed E-state index contributed by atoms with van der Waals surface area (Å²) in [6, 6.07) is 6.35. The van der Waals surface area contributed by atoms with E-state index >= 15 is 0 Å². The van der Waals surface area contributed by atoms with Gasteiger partial charge in [-0.05, 0) is 21.5 Å². The average Bonchev–Trinajstić information content (AvgIpc) is 2.72. The smallest absolute Gasteiger partial charge is 0.478 e. The first-order valence-corrected chi connectivity index (χ1v) is 5.84. The second-order valence-corrected chi connectivity index (χ2v) is 4.27. The zero-order chi connectivity index (χ0) is 14.0. The molecule has 98 valence electrons. The van der Waals surface area contributed by atoms with Crippen LogP contribution in [-0.4, -0.2) is 30.8 Å². The standard InChI is InChI=1S/C10H7BrN4O4/c11-9-12-10(15(18)19)13-14(9)5-6-3-1-2-4-7(6)8(16)17/h1-4H,5H2,(H,16,17). The van der Waals surface area contributed by atoms with E-state index in [-0.39, 0.29) is 16.8 Å². The minimum absolute atomic E-state index is 0.0733. The highest BCUT2D eigenvalue weighted by Gasteiger charge is 2.20. The van der Waals surface area contributed by atoms with Crippen molar-refractivity contribution in [2.45, 2.75) is 6.54 Å². The maximum Gasteiger partial charge on any atom is 0.492 e. The van der Waals surface area contributed by atoms with E-state index in [1.54, 1.807) is 18.2 Å². The molecule has 0 fully saturated rings. The van der Waals surface area contributed by atoms with Crippen LogP contribution in [0.2, 0.25) is 0 Å². The summed E-state index contributed by atoms with van der Waals surface area (Å²) in [5.41, 5.74) is 0.600. The molecule has 0 aliphatic rings. The van der Waals surface area contributed by atoms with Crippen LogP contribution in [0.25, 0.3) is 0 Å². The minimum Gasteiger partial charge on any atom is -0.478 e. The first kappa shape index (κ1) is 13.1. The average molecular weight is 327 g/mol. The number of carboxylic acids is 1. The maximum atomic E-state index is 11.0. The van der Waals surface area contributed by atoms with E-state index in [2.05, 4.69) is 26.0 Å². The molecule has 0 spiro atoms. The fourth-order valence-corrected chi connectivity index (χ4v) is 1.88. The van der Waals surface area contributed by atoms with Gasteiger partial charge in [0.2, 0.25) is 0 Å². The number of carbonyl (C=O) groups is 1. The second-order valence-electron chi connectivity index (χ2n) is 3.56. The van der Waals surface area contributed by atoms with Crippen molar-refractivity contribution in [3.05, 3.63) is 50.2 Å². The Hall–Kier alpha value is -2.29. The van der Waals surface area contributed by atoms with Crippen LogP contribution in [0, 0.1) is 10.1 Å². The molecule has 8 nitrogen and oxygen atoms in total. The summed E-state index contributed by atoms with van der Waals surface area (Å²) in [5.74, 6) is -1.61. The number of rotatable bonds is 4. The third-order valence-electron chi connectivity index (χ3n) is 2.35. The maximum absolute atomic E-state index is 11.0. The van der Waals surface area contributed by atoms with Gasteiger partial charge in [-0.3, -0.25) is 0 Å². The highest BCUT2D eigenvalue weighted by Crippen LogP contribution is 2.16. The molecule has 9 heteroatoms. The van der Waals surface area contributed by atoms with Crippen molar-refractivity contribution in [1.82, 2.24) is 14.8 Å². The van der Waals surface area contributed by atoms with Gasteiger partial charge in [0.25, 0.3) is 4.73 Å². The number of benzene rings is 1. The van der Waals surface area contributed by atoms with Gasteiger partial charge in [0.1, 0.15) is 0 Å². The molecule has 1 heterocycles. The Labute approximate surface area is 115 Å². The van der Waals surface area contributed by atoms with E-state index in [1.807, 2.05) is 0 Å². The van der Waals surface area contributed by atoms with Gasteiger partial charge < -0.3 is 15.2 Å². The number of hydrogen-bond acceptors (Lipinski definition) is 5. The van der Waals surface area contributed by atoms with Gasteiger partial charge >= 0.3 is 11.9 Å². The molecule has 0 radical (unpaired) electrons. The summed E-state index contributed by atoms with van der Waals surface area (Å²) in [7, 11) is 0. The summed E-state index contributed by atoms with van der Waals surface area (Å²) in [4.78, 5) is 24.5. The molecule has 2 rings (SSSR count). The molecule has 0 unspecified atom stereocenters. The molecule has 1 aromatic carbocycles. The van der Waals surface area contributed by atoms with E-state index < -0.39 is 16.8 Å². The number of aromatic nitrogens is 3. The van der Waals surface area contributed by atoms with E-state index in [4.69, 9.17) is 5.11 Å². The SMILES string of the molecule is O=C(O)c1ccccc1Cn1nc([N+](=O)[O-])nc1Br. The number of nitro groups is 1. The molecular formula is C10H7BrN4O4. The van der Waals surface area contributed by atoms with Gasteiger partial charge in [-0.15, -0.1) is 0 Å². The summed E-state index contributed by atoms with van der Waals surface area (Å²) >= 11 is 3.04. The van der Waals surface area contributed by atoms with Crippen molar-refractivity contribution in [3.63, 3.8) is 0 Å². The van der Waals surface area contributed by atoms with Crippen molar-refractivity contribution < 1.29 is 14.8 Å². The number of halogens is 1. The molecule has 0 saturated carbocycles. The Kier molecular flexibility index (Phi) is 3.56. The minimum atomic E-state index is -1.07. The van der Waals surface area contributed by atoms with E-state index in [0.717, 1.165) is 0 Å². The molecule has 0 aliphatic heterocycles. The predicted molar refractivity (Wildman–Crippen MR) is 66.9 cm³/mol. The summed E-state index contributed by atoms with van der Waals surface area (Å²) in [6.45, 7) is 0.0733. The van der Waals surface area contributed by atoms with Crippen molar-refractivity contribution in [3.8, 4) is 0 Å². The Bertz CT molecular complexity index is 655. The molecule has 2 aromatic rings. The number of hydrogen-bond donors (Lipinski definition) is 1. The molecule has 0 bridgehead atoms. The summed E-state index contributed by atoms with van der Waals surface area (Å²) in [6.07, 6.45) is 0. The molecule has 0 aliphatic carbocycles. The van der Waals surface area contributed by atoms with E-state index in [1.165, 1.54) is 10.7 Å². The van der Waals surface area contributed by atoms with Crippen LogP contribution in [0.15, 0.2) is 29.0 Å². The van der Waals surface area contributed by atoms with Crippen molar-refractivity contribution in [1.29, 1.82) is 0 Å². The highest BCUT2D eigenvalue weighted by molar-refractivity contribution is 9.10. The van der Waals surface area contributed by atoms with Crippen molar-refractivity contribution in [2.75, 3.05) is 0 Å². The topological polar surface area (TPSA) is 111 Å². The lowest BCUT2D eigenvalue weighted by Crippen LogP contribution is -2.08. The lowest BCUT2D eigenvalue weighted by Gasteiger charge is -2.03. The van der Waals surface area contributed by atoms with Gasteiger partial charge in [-0.25, -0.2) is 4.79 Å². The zero-order valence-electron chi connectivity index (χ0n) is 9.36.